The summed E-state index contributed by atoms with van der Waals surface area (Å²) in [6, 6.07) is 0. The van der Waals surface area contributed by atoms with E-state index in [2.05, 4.69) is 10.5 Å². The summed E-state index contributed by atoms with van der Waals surface area (Å²) in [5.74, 6) is 0. The van der Waals surface area contributed by atoms with E-state index in [0.29, 0.717) is 6.61 Å². The predicted octanol–water partition coefficient (Wildman–Crippen LogP) is -0.265. The fourth-order valence-electron chi connectivity index (χ4n) is 0.984. The first-order valence-electron chi connectivity index (χ1n) is 3.93. The Morgan fingerprint density at radius 2 is 2.18 bits per heavy atom. The Labute approximate surface area is 66.2 Å². The Balaban J connectivity index is 2.15. The van der Waals surface area contributed by atoms with Crippen molar-refractivity contribution in [1.82, 2.24) is 5.32 Å². The van der Waals surface area contributed by atoms with Crippen molar-refractivity contribution in [1.29, 1.82) is 0 Å². The van der Waals surface area contributed by atoms with Crippen molar-refractivity contribution in [2.75, 3.05) is 26.3 Å². The Morgan fingerprint density at radius 3 is 2.82 bits per heavy atom. The van der Waals surface area contributed by atoms with Gasteiger partial charge >= 0.3 is 0 Å². The van der Waals surface area contributed by atoms with Crippen LogP contribution in [-0.4, -0.2) is 37.1 Å². The third-order valence-corrected chi connectivity index (χ3v) is 1.56. The lowest BCUT2D eigenvalue weighted by atomic mass is 10.1. The Hall–Kier alpha value is -0.610. The molecule has 1 rings (SSSR count). The summed E-state index contributed by atoms with van der Waals surface area (Å²) in [5, 5.41) is 15.5. The molecule has 64 valence electrons. The van der Waals surface area contributed by atoms with Gasteiger partial charge in [-0.1, -0.05) is 5.16 Å². The molecule has 0 amide bonds. The average molecular weight is 158 g/mol. The van der Waals surface area contributed by atoms with Gasteiger partial charge in [0.25, 0.3) is 0 Å². The fraction of sp³-hybridized carbons (Fsp3) is 0.857. The van der Waals surface area contributed by atoms with Crippen LogP contribution in [0.15, 0.2) is 5.16 Å². The second-order valence-electron chi connectivity index (χ2n) is 2.46. The van der Waals surface area contributed by atoms with E-state index in [1.54, 1.807) is 0 Å². The van der Waals surface area contributed by atoms with Crippen molar-refractivity contribution in [2.45, 2.75) is 12.8 Å². The van der Waals surface area contributed by atoms with E-state index in [-0.39, 0.29) is 6.61 Å². The molecule has 1 heterocycles. The van der Waals surface area contributed by atoms with Gasteiger partial charge in [0.05, 0.1) is 12.3 Å². The van der Waals surface area contributed by atoms with Gasteiger partial charge in [-0.2, -0.15) is 0 Å². The minimum atomic E-state index is 0.0367. The van der Waals surface area contributed by atoms with Gasteiger partial charge in [0.2, 0.25) is 0 Å². The molecule has 1 aliphatic heterocycles. The van der Waals surface area contributed by atoms with Crippen LogP contribution in [0.4, 0.5) is 0 Å². The van der Waals surface area contributed by atoms with Crippen LogP contribution in [-0.2, 0) is 4.84 Å². The molecule has 0 radical (unpaired) electrons. The van der Waals surface area contributed by atoms with Gasteiger partial charge in [0, 0.05) is 25.9 Å². The van der Waals surface area contributed by atoms with Gasteiger partial charge in [-0.3, -0.25) is 0 Å². The summed E-state index contributed by atoms with van der Waals surface area (Å²) in [4.78, 5) is 4.83. The molecule has 0 unspecified atom stereocenters. The molecular formula is C7H14N2O2. The first-order chi connectivity index (χ1) is 5.43. The van der Waals surface area contributed by atoms with Gasteiger partial charge in [-0.25, -0.2) is 0 Å². The summed E-state index contributed by atoms with van der Waals surface area (Å²) >= 11 is 0. The van der Waals surface area contributed by atoms with Gasteiger partial charge < -0.3 is 15.3 Å². The lowest BCUT2D eigenvalue weighted by Gasteiger charge is -2.12. The maximum absolute atomic E-state index is 8.39. The summed E-state index contributed by atoms with van der Waals surface area (Å²) in [6.45, 7) is 2.31. The number of aliphatic hydroxyl groups is 1. The van der Waals surface area contributed by atoms with Gasteiger partial charge in [-0.15, -0.1) is 0 Å². The number of nitrogens with one attached hydrogen (secondary N) is 1. The number of oxime groups is 1. The minimum Gasteiger partial charge on any atom is -0.393 e. The maximum Gasteiger partial charge on any atom is 0.140 e. The average Bonchev–Trinajstić information content (AvgIpc) is 2.07. The predicted molar refractivity (Wildman–Crippen MR) is 42.6 cm³/mol. The lowest BCUT2D eigenvalue weighted by molar-refractivity contribution is 0.0975. The van der Waals surface area contributed by atoms with Crippen molar-refractivity contribution in [2.24, 2.45) is 5.16 Å². The largest absolute Gasteiger partial charge is 0.393 e. The fourth-order valence-corrected chi connectivity index (χ4v) is 0.984. The van der Waals surface area contributed by atoms with Crippen LogP contribution in [0, 0.1) is 0 Å². The Bertz CT molecular complexity index is 128. The highest BCUT2D eigenvalue weighted by Gasteiger charge is 2.05. The van der Waals surface area contributed by atoms with Crippen molar-refractivity contribution in [3.8, 4) is 0 Å². The molecule has 1 saturated heterocycles. The van der Waals surface area contributed by atoms with Crippen molar-refractivity contribution >= 4 is 5.71 Å². The highest BCUT2D eigenvalue weighted by Crippen LogP contribution is 1.97. The molecule has 1 fully saturated rings. The summed E-state index contributed by atoms with van der Waals surface area (Å²) in [7, 11) is 0. The van der Waals surface area contributed by atoms with Crippen molar-refractivity contribution < 1.29 is 9.94 Å². The molecule has 2 N–H and O–H groups in total. The zero-order valence-corrected chi connectivity index (χ0v) is 6.55. The normalized spacial score (nSPS) is 18.1. The SMILES string of the molecule is OCCON=C1CCNCC1. The Morgan fingerprint density at radius 1 is 1.45 bits per heavy atom. The number of aliphatic hydroxyl groups excluding tert-OH is 1. The quantitative estimate of drug-likeness (QED) is 0.439. The van der Waals surface area contributed by atoms with E-state index in [9.17, 15) is 0 Å². The highest BCUT2D eigenvalue weighted by molar-refractivity contribution is 5.84. The van der Waals surface area contributed by atoms with E-state index >= 15 is 0 Å². The molecule has 11 heavy (non-hydrogen) atoms. The standard InChI is InChI=1S/C7H14N2O2/c10-5-6-11-9-7-1-3-8-4-2-7/h8,10H,1-6H2. The summed E-state index contributed by atoms with van der Waals surface area (Å²) < 4.78 is 0. The number of piperidine rings is 1. The van der Waals surface area contributed by atoms with Crippen molar-refractivity contribution in [3.05, 3.63) is 0 Å². The van der Waals surface area contributed by atoms with E-state index in [0.717, 1.165) is 31.6 Å². The molecule has 0 atom stereocenters. The molecular weight excluding hydrogens is 144 g/mol. The molecule has 0 bridgehead atoms. The summed E-state index contributed by atoms with van der Waals surface area (Å²) in [6.07, 6.45) is 1.93. The Kier molecular flexibility index (Phi) is 3.93. The summed E-state index contributed by atoms with van der Waals surface area (Å²) in [5.41, 5.74) is 1.09. The lowest BCUT2D eigenvalue weighted by Crippen LogP contribution is -2.27. The number of hydrogen-bond acceptors (Lipinski definition) is 4. The third kappa shape index (κ3) is 3.34. The first-order valence-corrected chi connectivity index (χ1v) is 3.93. The van der Waals surface area contributed by atoms with Crippen LogP contribution in [0.5, 0.6) is 0 Å². The van der Waals surface area contributed by atoms with Gasteiger partial charge in [0.15, 0.2) is 0 Å². The monoisotopic (exact) mass is 158 g/mol. The van der Waals surface area contributed by atoms with E-state index in [1.807, 2.05) is 0 Å². The van der Waals surface area contributed by atoms with Crippen LogP contribution in [0.25, 0.3) is 0 Å². The van der Waals surface area contributed by atoms with Crippen LogP contribution in [0.1, 0.15) is 12.8 Å². The molecule has 0 aliphatic carbocycles. The second kappa shape index (κ2) is 5.09. The first kappa shape index (κ1) is 8.49. The minimum absolute atomic E-state index is 0.0367. The van der Waals surface area contributed by atoms with E-state index in [4.69, 9.17) is 9.94 Å². The number of hydrogen-bond donors (Lipinski definition) is 2. The van der Waals surface area contributed by atoms with Crippen LogP contribution < -0.4 is 5.32 Å². The zero-order valence-electron chi connectivity index (χ0n) is 6.55. The van der Waals surface area contributed by atoms with Crippen molar-refractivity contribution in [3.63, 3.8) is 0 Å². The van der Waals surface area contributed by atoms with Gasteiger partial charge in [0.1, 0.15) is 6.61 Å². The van der Waals surface area contributed by atoms with E-state index < -0.39 is 0 Å². The van der Waals surface area contributed by atoms with E-state index in [1.165, 1.54) is 0 Å². The van der Waals surface area contributed by atoms with Crippen LogP contribution in [0.2, 0.25) is 0 Å². The number of rotatable bonds is 3. The third-order valence-electron chi connectivity index (χ3n) is 1.56. The molecule has 1 aliphatic rings. The van der Waals surface area contributed by atoms with Crippen LogP contribution >= 0.6 is 0 Å². The number of nitrogens with zero attached hydrogens (tertiary/aromatic N) is 1. The molecule has 4 nitrogen and oxygen atoms in total. The molecule has 0 saturated carbocycles. The maximum atomic E-state index is 8.39. The topological polar surface area (TPSA) is 53.9 Å². The molecule has 0 aromatic carbocycles. The second-order valence-corrected chi connectivity index (χ2v) is 2.46. The molecule has 0 aromatic heterocycles. The molecule has 0 aromatic rings. The molecule has 0 spiro atoms. The zero-order chi connectivity index (χ0) is 7.94. The van der Waals surface area contributed by atoms with Gasteiger partial charge in [-0.05, 0) is 0 Å². The smallest absolute Gasteiger partial charge is 0.140 e. The molecule has 4 heteroatoms. The highest BCUT2D eigenvalue weighted by atomic mass is 16.6. The van der Waals surface area contributed by atoms with Crippen LogP contribution in [0.3, 0.4) is 0 Å².